The first-order valence-corrected chi connectivity index (χ1v) is 6.96. The minimum absolute atomic E-state index is 0.581. The zero-order valence-electron chi connectivity index (χ0n) is 11.4. The fourth-order valence-electron chi connectivity index (χ4n) is 3.06. The molecule has 1 aliphatic carbocycles. The van der Waals surface area contributed by atoms with E-state index in [1.165, 1.54) is 25.7 Å². The number of fused-ring (bicyclic) bond motifs is 1. The van der Waals surface area contributed by atoms with Crippen molar-refractivity contribution >= 4 is 16.6 Å². The molecule has 1 fully saturated rings. The predicted molar refractivity (Wildman–Crippen MR) is 78.1 cm³/mol. The average Bonchev–Trinajstić information content (AvgIpc) is 2.94. The first-order valence-electron chi connectivity index (χ1n) is 6.96. The molecular formula is C16H20N2O. The lowest BCUT2D eigenvalue weighted by Crippen LogP contribution is -2.02. The SMILES string of the molecule is COCc1cccc2c(N)cc(C3CCCC3)nc12. The molecule has 0 aliphatic heterocycles. The average molecular weight is 256 g/mol. The summed E-state index contributed by atoms with van der Waals surface area (Å²) in [6.07, 6.45) is 5.10. The van der Waals surface area contributed by atoms with Gasteiger partial charge in [-0.05, 0) is 18.9 Å². The van der Waals surface area contributed by atoms with Crippen LogP contribution in [0.2, 0.25) is 0 Å². The van der Waals surface area contributed by atoms with E-state index in [0.717, 1.165) is 27.8 Å². The second kappa shape index (κ2) is 5.17. The van der Waals surface area contributed by atoms with E-state index in [4.69, 9.17) is 15.5 Å². The molecule has 0 spiro atoms. The van der Waals surface area contributed by atoms with E-state index in [1.807, 2.05) is 12.1 Å². The summed E-state index contributed by atoms with van der Waals surface area (Å²) in [6.45, 7) is 0.581. The van der Waals surface area contributed by atoms with Gasteiger partial charge in [0.2, 0.25) is 0 Å². The highest BCUT2D eigenvalue weighted by Crippen LogP contribution is 2.35. The molecule has 0 radical (unpaired) electrons. The van der Waals surface area contributed by atoms with Crippen molar-refractivity contribution in [2.45, 2.75) is 38.2 Å². The van der Waals surface area contributed by atoms with Gasteiger partial charge in [-0.1, -0.05) is 31.0 Å². The summed E-state index contributed by atoms with van der Waals surface area (Å²) >= 11 is 0. The zero-order chi connectivity index (χ0) is 13.2. The van der Waals surface area contributed by atoms with Gasteiger partial charge in [-0.25, -0.2) is 0 Å². The van der Waals surface area contributed by atoms with Crippen molar-refractivity contribution < 1.29 is 4.74 Å². The highest BCUT2D eigenvalue weighted by Gasteiger charge is 2.20. The topological polar surface area (TPSA) is 48.1 Å². The number of para-hydroxylation sites is 1. The molecule has 1 saturated carbocycles. The van der Waals surface area contributed by atoms with Crippen molar-refractivity contribution in [1.82, 2.24) is 4.98 Å². The molecule has 0 bridgehead atoms. The Kier molecular flexibility index (Phi) is 3.38. The Bertz CT molecular complexity index is 589. The number of rotatable bonds is 3. The standard InChI is InChI=1S/C16H20N2O/c1-19-10-12-7-4-8-13-14(17)9-15(18-16(12)13)11-5-2-3-6-11/h4,7-9,11H,2-3,5-6,10H2,1H3,(H2,17,18). The monoisotopic (exact) mass is 256 g/mol. The molecule has 0 unspecified atom stereocenters. The number of hydrogen-bond donors (Lipinski definition) is 1. The van der Waals surface area contributed by atoms with Crippen molar-refractivity contribution in [2.75, 3.05) is 12.8 Å². The molecule has 3 rings (SSSR count). The smallest absolute Gasteiger partial charge is 0.0781 e. The Hall–Kier alpha value is -1.61. The summed E-state index contributed by atoms with van der Waals surface area (Å²) in [6, 6.07) is 8.19. The Balaban J connectivity index is 2.13. The summed E-state index contributed by atoms with van der Waals surface area (Å²) in [7, 11) is 1.71. The number of nitrogen functional groups attached to an aromatic ring is 1. The number of methoxy groups -OCH3 is 1. The molecular weight excluding hydrogens is 236 g/mol. The molecule has 0 amide bonds. The quantitative estimate of drug-likeness (QED) is 0.912. The normalized spacial score (nSPS) is 16.3. The molecule has 1 heterocycles. The second-order valence-electron chi connectivity index (χ2n) is 5.36. The van der Waals surface area contributed by atoms with Gasteiger partial charge in [0, 0.05) is 35.4 Å². The minimum atomic E-state index is 0.581. The third-order valence-corrected chi connectivity index (χ3v) is 4.05. The van der Waals surface area contributed by atoms with Crippen LogP contribution in [-0.2, 0) is 11.3 Å². The van der Waals surface area contributed by atoms with E-state index >= 15 is 0 Å². The van der Waals surface area contributed by atoms with Gasteiger partial charge >= 0.3 is 0 Å². The van der Waals surface area contributed by atoms with Gasteiger partial charge in [0.05, 0.1) is 12.1 Å². The fraction of sp³-hybridized carbons (Fsp3) is 0.438. The number of anilines is 1. The Morgan fingerprint density at radius 2 is 2.11 bits per heavy atom. The first-order chi connectivity index (χ1) is 9.29. The molecule has 1 aromatic heterocycles. The highest BCUT2D eigenvalue weighted by molar-refractivity contribution is 5.92. The second-order valence-corrected chi connectivity index (χ2v) is 5.36. The van der Waals surface area contributed by atoms with Crippen LogP contribution in [-0.4, -0.2) is 12.1 Å². The lowest BCUT2D eigenvalue weighted by Gasteiger charge is -2.13. The maximum Gasteiger partial charge on any atom is 0.0781 e. The van der Waals surface area contributed by atoms with E-state index in [0.29, 0.717) is 12.5 Å². The van der Waals surface area contributed by atoms with Crippen LogP contribution in [0.5, 0.6) is 0 Å². The lowest BCUT2D eigenvalue weighted by molar-refractivity contribution is 0.186. The van der Waals surface area contributed by atoms with Gasteiger partial charge in [-0.2, -0.15) is 0 Å². The maximum absolute atomic E-state index is 6.21. The third-order valence-electron chi connectivity index (χ3n) is 4.05. The van der Waals surface area contributed by atoms with Gasteiger partial charge in [0.1, 0.15) is 0 Å². The molecule has 0 atom stereocenters. The Morgan fingerprint density at radius 3 is 2.84 bits per heavy atom. The van der Waals surface area contributed by atoms with E-state index in [1.54, 1.807) is 7.11 Å². The summed E-state index contributed by atoms with van der Waals surface area (Å²) in [5.74, 6) is 0.585. The van der Waals surface area contributed by atoms with Gasteiger partial charge < -0.3 is 10.5 Å². The Labute approximate surface area is 113 Å². The van der Waals surface area contributed by atoms with E-state index < -0.39 is 0 Å². The molecule has 0 saturated heterocycles. The molecule has 3 nitrogen and oxygen atoms in total. The third kappa shape index (κ3) is 2.30. The lowest BCUT2D eigenvalue weighted by atomic mass is 10.0. The van der Waals surface area contributed by atoms with Crippen molar-refractivity contribution in [3.05, 3.63) is 35.5 Å². The van der Waals surface area contributed by atoms with Crippen LogP contribution in [0.4, 0.5) is 5.69 Å². The number of ether oxygens (including phenoxy) is 1. The number of hydrogen-bond acceptors (Lipinski definition) is 3. The first kappa shape index (κ1) is 12.4. The molecule has 19 heavy (non-hydrogen) atoms. The fourth-order valence-corrected chi connectivity index (χ4v) is 3.06. The number of benzene rings is 1. The van der Waals surface area contributed by atoms with Crippen molar-refractivity contribution in [3.63, 3.8) is 0 Å². The number of pyridine rings is 1. The van der Waals surface area contributed by atoms with Crippen LogP contribution in [0.15, 0.2) is 24.3 Å². The summed E-state index contributed by atoms with van der Waals surface area (Å²) in [4.78, 5) is 4.88. The van der Waals surface area contributed by atoms with Crippen LogP contribution in [0.3, 0.4) is 0 Å². The van der Waals surface area contributed by atoms with Crippen LogP contribution < -0.4 is 5.73 Å². The number of nitrogens with two attached hydrogens (primary N) is 1. The van der Waals surface area contributed by atoms with E-state index in [-0.39, 0.29) is 0 Å². The highest BCUT2D eigenvalue weighted by atomic mass is 16.5. The minimum Gasteiger partial charge on any atom is -0.398 e. The molecule has 100 valence electrons. The maximum atomic E-state index is 6.21. The van der Waals surface area contributed by atoms with Crippen molar-refractivity contribution in [1.29, 1.82) is 0 Å². The zero-order valence-corrected chi connectivity index (χ0v) is 11.4. The summed E-state index contributed by atoms with van der Waals surface area (Å²) < 4.78 is 5.26. The largest absolute Gasteiger partial charge is 0.398 e. The van der Waals surface area contributed by atoms with Gasteiger partial charge in [0.25, 0.3) is 0 Å². The summed E-state index contributed by atoms with van der Waals surface area (Å²) in [5.41, 5.74) is 10.3. The Morgan fingerprint density at radius 1 is 1.32 bits per heavy atom. The number of aromatic nitrogens is 1. The van der Waals surface area contributed by atoms with Crippen LogP contribution >= 0.6 is 0 Å². The van der Waals surface area contributed by atoms with E-state index in [9.17, 15) is 0 Å². The molecule has 1 aliphatic rings. The number of nitrogens with zero attached hydrogens (tertiary/aromatic N) is 1. The van der Waals surface area contributed by atoms with Crippen LogP contribution in [0, 0.1) is 0 Å². The van der Waals surface area contributed by atoms with Gasteiger partial charge in [-0.15, -0.1) is 0 Å². The van der Waals surface area contributed by atoms with E-state index in [2.05, 4.69) is 12.1 Å². The van der Waals surface area contributed by atoms with Crippen molar-refractivity contribution in [2.24, 2.45) is 0 Å². The van der Waals surface area contributed by atoms with Crippen molar-refractivity contribution in [3.8, 4) is 0 Å². The molecule has 2 aromatic rings. The predicted octanol–water partition coefficient (Wildman–Crippen LogP) is 3.62. The summed E-state index contributed by atoms with van der Waals surface area (Å²) in [5, 5.41) is 1.04. The van der Waals surface area contributed by atoms with Crippen LogP contribution in [0.1, 0.15) is 42.9 Å². The van der Waals surface area contributed by atoms with Gasteiger partial charge in [0.15, 0.2) is 0 Å². The van der Waals surface area contributed by atoms with Crippen LogP contribution in [0.25, 0.3) is 10.9 Å². The molecule has 3 heteroatoms. The molecule has 1 aromatic carbocycles. The van der Waals surface area contributed by atoms with Gasteiger partial charge in [-0.3, -0.25) is 4.98 Å². The molecule has 2 N–H and O–H groups in total.